The molecule has 1 aliphatic heterocycles. The molecule has 1 aliphatic rings. The Hall–Kier alpha value is -2.76. The van der Waals surface area contributed by atoms with E-state index < -0.39 is 0 Å². The molecule has 228 valence electrons. The van der Waals surface area contributed by atoms with Gasteiger partial charge >= 0.3 is 39.7 Å². The number of hydrogen-bond donors (Lipinski definition) is 0. The molecule has 1 heterocycles. The van der Waals surface area contributed by atoms with E-state index in [-0.39, 0.29) is 41.0 Å². The molecule has 0 bridgehead atoms. The molecule has 0 amide bonds. The van der Waals surface area contributed by atoms with Crippen molar-refractivity contribution in [3.63, 3.8) is 0 Å². The van der Waals surface area contributed by atoms with Gasteiger partial charge in [-0.2, -0.15) is 18.2 Å². The molecule has 0 aromatic heterocycles. The summed E-state index contributed by atoms with van der Waals surface area (Å²) in [6.45, 7) is 15.5. The van der Waals surface area contributed by atoms with Crippen LogP contribution in [0.3, 0.4) is 0 Å². The molecular formula is C30H35FeIN2O8. The van der Waals surface area contributed by atoms with Gasteiger partial charge in [-0.05, 0) is 35.4 Å². The standard InChI is InChI=1S/C23H30N2O6.C5H5.2CO.Fe.HI/c1-26-18-9-16(10-19(27-2)22(18)30-5)13-24-7-8-25(15-24)14-17-11-20(28-3)23(31-6)21(12-17)29-4;1-2-4-5-3-1;2*1-2;;/h9-12H,7-8,13-14H2,1-6H3;1-5H;;;;1H/q;-1;;;+2;/p-1. The quantitative estimate of drug-likeness (QED) is 0.134. The molecule has 42 heavy (non-hydrogen) atoms. The van der Waals surface area contributed by atoms with Crippen LogP contribution in [0, 0.1) is 20.0 Å². The summed E-state index contributed by atoms with van der Waals surface area (Å²) in [4.78, 5) is 4.28. The topological polar surface area (TPSA) is 102 Å². The second-order valence-corrected chi connectivity index (χ2v) is 7.97. The van der Waals surface area contributed by atoms with Crippen LogP contribution < -0.4 is 52.4 Å². The molecule has 1 saturated heterocycles. The fourth-order valence-electron chi connectivity index (χ4n) is 3.99. The van der Waals surface area contributed by atoms with E-state index >= 15 is 0 Å². The molecule has 1 fully saturated rings. The van der Waals surface area contributed by atoms with Crippen LogP contribution in [0.2, 0.25) is 0 Å². The van der Waals surface area contributed by atoms with Crippen LogP contribution in [0.1, 0.15) is 11.1 Å². The van der Waals surface area contributed by atoms with Crippen molar-refractivity contribution in [3.05, 3.63) is 85.7 Å². The summed E-state index contributed by atoms with van der Waals surface area (Å²) in [5.41, 5.74) is 2.10. The van der Waals surface area contributed by atoms with Crippen molar-refractivity contribution in [2.75, 3.05) is 55.7 Å². The molecule has 12 heteroatoms. The predicted molar refractivity (Wildman–Crippen MR) is 146 cm³/mol. The zero-order valence-corrected chi connectivity index (χ0v) is 27.7. The van der Waals surface area contributed by atoms with Crippen LogP contribution in [0.4, 0.5) is 0 Å². The number of benzene rings is 2. The Morgan fingerprint density at radius 1 is 0.643 bits per heavy atom. The van der Waals surface area contributed by atoms with Gasteiger partial charge in [0, 0.05) is 26.2 Å². The fraction of sp³-hybridized carbons (Fsp3) is 0.333. The monoisotopic (exact) mass is 734 g/mol. The third kappa shape index (κ3) is 12.2. The van der Waals surface area contributed by atoms with E-state index in [2.05, 4.69) is 29.8 Å². The van der Waals surface area contributed by atoms with Crippen LogP contribution in [0.25, 0.3) is 0 Å². The molecule has 10 nitrogen and oxygen atoms in total. The fourth-order valence-corrected chi connectivity index (χ4v) is 3.99. The van der Waals surface area contributed by atoms with Crippen LogP contribution in [-0.4, -0.2) is 65.5 Å². The Bertz CT molecular complexity index is 1030. The molecule has 4 rings (SSSR count). The summed E-state index contributed by atoms with van der Waals surface area (Å²) in [6.07, 6.45) is 0. The maximum Gasteiger partial charge on any atom is 2.00 e. The third-order valence-corrected chi connectivity index (χ3v) is 5.67. The minimum absolute atomic E-state index is 0. The summed E-state index contributed by atoms with van der Waals surface area (Å²) in [5.74, 6) is 3.76. The summed E-state index contributed by atoms with van der Waals surface area (Å²) in [5, 5.41) is 0. The summed E-state index contributed by atoms with van der Waals surface area (Å²) < 4.78 is 47.6. The van der Waals surface area contributed by atoms with Gasteiger partial charge in [0.2, 0.25) is 11.5 Å². The third-order valence-electron chi connectivity index (χ3n) is 5.67. The number of halogens is 1. The van der Waals surface area contributed by atoms with E-state index in [0.29, 0.717) is 47.6 Å². The average molecular weight is 734 g/mol. The maximum atomic E-state index is 7.50. The van der Waals surface area contributed by atoms with Crippen molar-refractivity contribution in [1.82, 2.24) is 9.80 Å². The maximum absolute atomic E-state index is 7.50. The number of hydrogen-bond acceptors (Lipinski definition) is 8. The first-order valence-corrected chi connectivity index (χ1v) is 12.0. The van der Waals surface area contributed by atoms with Gasteiger partial charge in [0.15, 0.2) is 23.0 Å². The second-order valence-electron chi connectivity index (χ2n) is 7.97. The van der Waals surface area contributed by atoms with E-state index in [1.165, 1.54) is 0 Å². The van der Waals surface area contributed by atoms with Gasteiger partial charge in [0.25, 0.3) is 0 Å². The predicted octanol–water partition coefficient (Wildman–Crippen LogP) is 1.38. The zero-order chi connectivity index (χ0) is 29.9. The molecule has 3 aromatic carbocycles. The summed E-state index contributed by atoms with van der Waals surface area (Å²) in [6, 6.07) is 17.9. The van der Waals surface area contributed by atoms with E-state index in [9.17, 15) is 0 Å². The van der Waals surface area contributed by atoms with E-state index in [0.717, 1.165) is 24.2 Å². The number of ether oxygens (including phenoxy) is 6. The molecule has 2 radical (unpaired) electrons. The van der Waals surface area contributed by atoms with Crippen LogP contribution in [-0.2, 0) is 39.5 Å². The van der Waals surface area contributed by atoms with E-state index in [1.54, 1.807) is 42.7 Å². The second kappa shape index (κ2) is 23.8. The molecule has 0 unspecified atom stereocenters. The first-order valence-electron chi connectivity index (χ1n) is 12.0. The van der Waals surface area contributed by atoms with Crippen molar-refractivity contribution >= 4 is 0 Å². The van der Waals surface area contributed by atoms with Crippen LogP contribution in [0.15, 0.2) is 54.6 Å². The smallest absolute Gasteiger partial charge is 1.00 e. The minimum Gasteiger partial charge on any atom is -1.00 e. The molecule has 3 aromatic rings. The Kier molecular flexibility index (Phi) is 23.4. The zero-order valence-electron chi connectivity index (χ0n) is 24.4. The van der Waals surface area contributed by atoms with Gasteiger partial charge in [-0.15, -0.1) is 0 Å². The van der Waals surface area contributed by atoms with Crippen LogP contribution in [0.5, 0.6) is 34.5 Å². The number of nitrogens with zero attached hydrogens (tertiary/aromatic N) is 2. The van der Waals surface area contributed by atoms with Crippen molar-refractivity contribution < 1.29 is 78.8 Å². The first-order chi connectivity index (χ1) is 19.6. The van der Waals surface area contributed by atoms with Crippen molar-refractivity contribution in [3.8, 4) is 34.5 Å². The summed E-state index contributed by atoms with van der Waals surface area (Å²) in [7, 11) is 9.68. The van der Waals surface area contributed by atoms with Gasteiger partial charge in [-0.3, -0.25) is 9.80 Å². The normalized spacial score (nSPS) is 11.7. The molecule has 0 aliphatic carbocycles. The van der Waals surface area contributed by atoms with E-state index in [4.69, 9.17) is 37.7 Å². The average Bonchev–Trinajstić information content (AvgIpc) is 3.74. The number of rotatable bonds is 10. The number of methoxy groups -OCH3 is 6. The summed E-state index contributed by atoms with van der Waals surface area (Å²) >= 11 is 0. The van der Waals surface area contributed by atoms with Crippen LogP contribution >= 0.6 is 0 Å². The first kappa shape index (κ1) is 41.4. The van der Waals surface area contributed by atoms with Gasteiger partial charge in [-0.25, -0.2) is 12.1 Å². The SMILES string of the molecule is COc1cc(CN2[C]N(Cc3cc(OC)c(OC)c(OC)c3)CC2)cc(OC)c1OC.[C-]#[O+].[C-]#[O+].[Fe+2].[I-].c1cc[cH-]c1. The largest absolute Gasteiger partial charge is 2.00 e. The van der Waals surface area contributed by atoms with Crippen molar-refractivity contribution in [2.24, 2.45) is 0 Å². The van der Waals surface area contributed by atoms with E-state index in [1.807, 2.05) is 54.6 Å². The van der Waals surface area contributed by atoms with Gasteiger partial charge in [-0.1, -0.05) is 0 Å². The van der Waals surface area contributed by atoms with Gasteiger partial charge < -0.3 is 52.4 Å². The Morgan fingerprint density at radius 3 is 1.17 bits per heavy atom. The van der Waals surface area contributed by atoms with Crippen molar-refractivity contribution in [2.45, 2.75) is 13.1 Å². The Morgan fingerprint density at radius 2 is 0.952 bits per heavy atom. The minimum atomic E-state index is 0. The molecule has 0 saturated carbocycles. The van der Waals surface area contributed by atoms with Gasteiger partial charge in [0.1, 0.15) is 6.67 Å². The Labute approximate surface area is 276 Å². The Balaban J connectivity index is 0. The molecule has 0 N–H and O–H groups in total. The molecule has 0 spiro atoms. The molecular weight excluding hydrogens is 699 g/mol. The van der Waals surface area contributed by atoms with Gasteiger partial charge in [0.05, 0.1) is 42.7 Å². The van der Waals surface area contributed by atoms with Crippen molar-refractivity contribution in [1.29, 1.82) is 0 Å². The molecule has 0 atom stereocenters.